The van der Waals surface area contributed by atoms with Crippen LogP contribution in [0.5, 0.6) is 0 Å². The zero-order valence-corrected chi connectivity index (χ0v) is 33.1. The highest BCUT2D eigenvalue weighted by Crippen LogP contribution is 2.44. The van der Waals surface area contributed by atoms with Gasteiger partial charge in [0.15, 0.2) is 11.4 Å². The minimum atomic E-state index is 0.666. The van der Waals surface area contributed by atoms with Crippen molar-refractivity contribution in [2.75, 3.05) is 0 Å². The molecule has 0 aliphatic heterocycles. The fourth-order valence-electron chi connectivity index (χ4n) is 9.12. The Morgan fingerprint density at radius 3 is 1.41 bits per heavy atom. The van der Waals surface area contributed by atoms with Crippen molar-refractivity contribution in [3.8, 4) is 67.2 Å². The Balaban J connectivity index is 1.06. The van der Waals surface area contributed by atoms with E-state index in [0.717, 1.165) is 82.5 Å². The molecule has 3 nitrogen and oxygen atoms in total. The van der Waals surface area contributed by atoms with Gasteiger partial charge in [0.2, 0.25) is 0 Å². The molecule has 10 aromatic carbocycles. The van der Waals surface area contributed by atoms with Crippen molar-refractivity contribution in [3.05, 3.63) is 218 Å². The summed E-state index contributed by atoms with van der Waals surface area (Å²) in [7, 11) is 0. The van der Waals surface area contributed by atoms with E-state index in [1.165, 1.54) is 27.6 Å². The molecule has 0 radical (unpaired) electrons. The molecular formula is C58H36N2O. The smallest absolute Gasteiger partial charge is 0.180 e. The lowest BCUT2D eigenvalue weighted by Crippen LogP contribution is -1.95. The fraction of sp³-hybridized carbons (Fsp3) is 0. The molecule has 2 heterocycles. The van der Waals surface area contributed by atoms with E-state index in [-0.39, 0.29) is 0 Å². The van der Waals surface area contributed by atoms with Gasteiger partial charge in [-0.25, -0.2) is 9.97 Å². The summed E-state index contributed by atoms with van der Waals surface area (Å²) >= 11 is 0. The van der Waals surface area contributed by atoms with E-state index in [4.69, 9.17) is 14.4 Å². The second-order valence-corrected chi connectivity index (χ2v) is 15.7. The maximum absolute atomic E-state index is 7.03. The summed E-state index contributed by atoms with van der Waals surface area (Å²) < 4.78 is 7.03. The zero-order valence-electron chi connectivity index (χ0n) is 33.1. The van der Waals surface area contributed by atoms with Crippen LogP contribution in [0.15, 0.2) is 223 Å². The third-order valence-corrected chi connectivity index (χ3v) is 12.0. The molecule has 61 heavy (non-hydrogen) atoms. The van der Waals surface area contributed by atoms with E-state index in [0.29, 0.717) is 11.4 Å². The number of furan rings is 1. The van der Waals surface area contributed by atoms with Crippen molar-refractivity contribution >= 4 is 54.4 Å². The third-order valence-electron chi connectivity index (χ3n) is 12.0. The van der Waals surface area contributed by atoms with Gasteiger partial charge in [0, 0.05) is 16.5 Å². The van der Waals surface area contributed by atoms with Gasteiger partial charge in [-0.3, -0.25) is 0 Å². The molecule has 12 rings (SSSR count). The summed E-state index contributed by atoms with van der Waals surface area (Å²) in [5, 5.41) is 7.75. The van der Waals surface area contributed by atoms with Gasteiger partial charge in [-0.15, -0.1) is 0 Å². The molecule has 3 heteroatoms. The Kier molecular flexibility index (Phi) is 8.17. The minimum absolute atomic E-state index is 0.666. The Hall–Kier alpha value is -8.14. The lowest BCUT2D eigenvalue weighted by molar-refractivity contribution is 0.671. The molecular weight excluding hydrogens is 741 g/mol. The van der Waals surface area contributed by atoms with Gasteiger partial charge in [0.1, 0.15) is 16.8 Å². The van der Waals surface area contributed by atoms with E-state index >= 15 is 0 Å². The maximum Gasteiger partial charge on any atom is 0.180 e. The van der Waals surface area contributed by atoms with E-state index in [9.17, 15) is 0 Å². The lowest BCUT2D eigenvalue weighted by atomic mass is 9.92. The molecule has 0 unspecified atom stereocenters. The predicted molar refractivity (Wildman–Crippen MR) is 254 cm³/mol. The molecule has 0 atom stereocenters. The SMILES string of the molecule is c1ccc(-c2cc(-c3ccccc3)cc(-c3cccc(-c4cccc(-c5nc(-c6cccc7ccccc67)nc6c5oc5c7ccccc7c7ccccc7c65)c4)c3)c2)cc1. The standard InChI is InChI=1S/C58H36N2O/c1-3-16-37(17-4-1)44-34-45(38-18-5-2-6-19-38)36-46(35-44)42-24-13-22-40(32-42)41-23-14-25-43(33-41)54-57-55(60-58(59-54)52-31-15-21-39-20-7-8-26-47(39)52)53-50-29-11-9-27-48(50)49-28-10-12-30-51(49)56(53)61-57/h1-36H. The second-order valence-electron chi connectivity index (χ2n) is 15.7. The van der Waals surface area contributed by atoms with Crippen molar-refractivity contribution in [1.29, 1.82) is 0 Å². The van der Waals surface area contributed by atoms with E-state index in [1.54, 1.807) is 0 Å². The Labute approximate surface area is 352 Å². The molecule has 0 aliphatic rings. The Bertz CT molecular complexity index is 3580. The molecule has 0 N–H and O–H groups in total. The first-order valence-corrected chi connectivity index (χ1v) is 20.7. The second kappa shape index (κ2) is 14.3. The van der Waals surface area contributed by atoms with Crippen molar-refractivity contribution < 1.29 is 4.42 Å². The molecule has 12 aromatic rings. The van der Waals surface area contributed by atoms with Crippen LogP contribution in [0.1, 0.15) is 0 Å². The largest absolute Gasteiger partial charge is 0.451 e. The molecule has 0 aliphatic carbocycles. The van der Waals surface area contributed by atoms with Crippen LogP contribution in [-0.2, 0) is 0 Å². The van der Waals surface area contributed by atoms with Gasteiger partial charge in [0.25, 0.3) is 0 Å². The molecule has 0 bridgehead atoms. The van der Waals surface area contributed by atoms with Crippen molar-refractivity contribution in [2.24, 2.45) is 0 Å². The minimum Gasteiger partial charge on any atom is -0.451 e. The first-order valence-electron chi connectivity index (χ1n) is 20.7. The van der Waals surface area contributed by atoms with Gasteiger partial charge >= 0.3 is 0 Å². The maximum atomic E-state index is 7.03. The van der Waals surface area contributed by atoms with E-state index in [1.807, 2.05) is 0 Å². The Morgan fingerprint density at radius 1 is 0.295 bits per heavy atom. The summed E-state index contributed by atoms with van der Waals surface area (Å²) in [6.07, 6.45) is 0. The van der Waals surface area contributed by atoms with Crippen LogP contribution < -0.4 is 0 Å². The summed E-state index contributed by atoms with van der Waals surface area (Å²) in [4.78, 5) is 10.8. The number of hydrogen-bond acceptors (Lipinski definition) is 3. The van der Waals surface area contributed by atoms with Crippen molar-refractivity contribution in [1.82, 2.24) is 9.97 Å². The molecule has 0 fully saturated rings. The molecule has 2 aromatic heterocycles. The topological polar surface area (TPSA) is 38.9 Å². The molecule has 0 saturated carbocycles. The van der Waals surface area contributed by atoms with E-state index in [2.05, 4.69) is 218 Å². The van der Waals surface area contributed by atoms with E-state index < -0.39 is 0 Å². The van der Waals surface area contributed by atoms with Crippen LogP contribution in [0.25, 0.3) is 122 Å². The summed E-state index contributed by atoms with van der Waals surface area (Å²) in [6.45, 7) is 0. The first-order chi connectivity index (χ1) is 30.2. The summed E-state index contributed by atoms with van der Waals surface area (Å²) in [5.41, 5.74) is 14.3. The van der Waals surface area contributed by atoms with Crippen LogP contribution >= 0.6 is 0 Å². The number of nitrogens with zero attached hydrogens (tertiary/aromatic N) is 2. The lowest BCUT2D eigenvalue weighted by Gasteiger charge is -2.13. The summed E-state index contributed by atoms with van der Waals surface area (Å²) in [5.74, 6) is 0.666. The highest BCUT2D eigenvalue weighted by atomic mass is 16.3. The number of aromatic nitrogens is 2. The monoisotopic (exact) mass is 776 g/mol. The number of fused-ring (bicyclic) bond motifs is 9. The average Bonchev–Trinajstić information content (AvgIpc) is 3.74. The van der Waals surface area contributed by atoms with Gasteiger partial charge in [-0.2, -0.15) is 0 Å². The van der Waals surface area contributed by atoms with Crippen LogP contribution in [0.3, 0.4) is 0 Å². The summed E-state index contributed by atoms with van der Waals surface area (Å²) in [6, 6.07) is 77.6. The highest BCUT2D eigenvalue weighted by molar-refractivity contribution is 6.30. The van der Waals surface area contributed by atoms with Crippen LogP contribution in [0.4, 0.5) is 0 Å². The van der Waals surface area contributed by atoms with Gasteiger partial charge < -0.3 is 4.42 Å². The third kappa shape index (κ3) is 5.98. The molecule has 0 spiro atoms. The van der Waals surface area contributed by atoms with Gasteiger partial charge in [-0.05, 0) is 102 Å². The molecule has 0 saturated heterocycles. The van der Waals surface area contributed by atoms with Crippen LogP contribution in [-0.4, -0.2) is 9.97 Å². The van der Waals surface area contributed by atoms with Gasteiger partial charge in [0.05, 0.1) is 5.39 Å². The zero-order chi connectivity index (χ0) is 40.3. The van der Waals surface area contributed by atoms with Crippen molar-refractivity contribution in [2.45, 2.75) is 0 Å². The Morgan fingerprint density at radius 2 is 0.738 bits per heavy atom. The number of hydrogen-bond donors (Lipinski definition) is 0. The van der Waals surface area contributed by atoms with Gasteiger partial charge in [-0.1, -0.05) is 188 Å². The average molecular weight is 777 g/mol. The highest BCUT2D eigenvalue weighted by Gasteiger charge is 2.23. The number of benzene rings is 10. The van der Waals surface area contributed by atoms with Crippen molar-refractivity contribution in [3.63, 3.8) is 0 Å². The fourth-order valence-corrected chi connectivity index (χ4v) is 9.12. The number of rotatable bonds is 6. The quantitative estimate of drug-likeness (QED) is 0.158. The first kappa shape index (κ1) is 34.9. The molecule has 284 valence electrons. The molecule has 0 amide bonds. The predicted octanol–water partition coefficient (Wildman–Crippen LogP) is 15.8. The normalized spacial score (nSPS) is 11.6. The van der Waals surface area contributed by atoms with Crippen LogP contribution in [0.2, 0.25) is 0 Å². The van der Waals surface area contributed by atoms with Crippen LogP contribution in [0, 0.1) is 0 Å².